The second-order valence-electron chi connectivity index (χ2n) is 6.84. The molecule has 24 heavy (non-hydrogen) atoms. The van der Waals surface area contributed by atoms with Gasteiger partial charge in [-0.05, 0) is 19.8 Å². The molecule has 3 heterocycles. The summed E-state index contributed by atoms with van der Waals surface area (Å²) in [5.41, 5.74) is 2.40. The first-order valence-electron chi connectivity index (χ1n) is 8.24. The molecule has 0 radical (unpaired) electrons. The monoisotopic (exact) mass is 371 g/mol. The van der Waals surface area contributed by atoms with Crippen LogP contribution in [0.2, 0.25) is 0 Å². The predicted molar refractivity (Wildman–Crippen MR) is 89.5 cm³/mol. The van der Waals surface area contributed by atoms with Crippen LogP contribution in [0.25, 0.3) is 0 Å². The molecule has 3 aliphatic rings. The van der Waals surface area contributed by atoms with Crippen LogP contribution in [0.1, 0.15) is 28.2 Å². The fourth-order valence-corrected chi connectivity index (χ4v) is 6.18. The molecule has 0 aromatic carbocycles. The molecule has 9 heteroatoms. The number of aryl methyl sites for hydroxylation is 1. The van der Waals surface area contributed by atoms with Crippen LogP contribution in [0, 0.1) is 12.8 Å². The van der Waals surface area contributed by atoms with Gasteiger partial charge in [-0.1, -0.05) is 0 Å². The lowest BCUT2D eigenvalue weighted by Crippen LogP contribution is -2.48. The van der Waals surface area contributed by atoms with E-state index < -0.39 is 10.0 Å². The Bertz CT molecular complexity index is 744. The third-order valence-electron chi connectivity index (χ3n) is 4.94. The zero-order valence-electron chi connectivity index (χ0n) is 13.6. The fraction of sp³-hybridized carbons (Fsp3) is 0.733. The fourth-order valence-electron chi connectivity index (χ4n) is 3.47. The first-order valence-corrected chi connectivity index (χ1v) is 10.6. The lowest BCUT2D eigenvalue weighted by Gasteiger charge is -2.30. The Morgan fingerprint density at radius 3 is 2.75 bits per heavy atom. The number of ether oxygens (including phenoxy) is 1. The summed E-state index contributed by atoms with van der Waals surface area (Å²) in [7, 11) is -3.24. The Morgan fingerprint density at radius 1 is 1.29 bits per heavy atom. The van der Waals surface area contributed by atoms with E-state index in [-0.39, 0.29) is 23.1 Å². The zero-order valence-corrected chi connectivity index (χ0v) is 15.2. The molecule has 2 bridgehead atoms. The molecule has 2 atom stereocenters. The molecule has 0 N–H and O–H groups in total. The van der Waals surface area contributed by atoms with Crippen molar-refractivity contribution in [3.8, 4) is 0 Å². The number of rotatable bonds is 3. The third-order valence-corrected chi connectivity index (χ3v) is 8.19. The highest BCUT2D eigenvalue weighted by atomic mass is 32.2. The van der Waals surface area contributed by atoms with Crippen LogP contribution in [0.5, 0.6) is 0 Å². The van der Waals surface area contributed by atoms with Gasteiger partial charge in [0.15, 0.2) is 0 Å². The first-order chi connectivity index (χ1) is 11.5. The highest BCUT2D eigenvalue weighted by Crippen LogP contribution is 2.33. The average Bonchev–Trinajstić information content (AvgIpc) is 3.32. The van der Waals surface area contributed by atoms with E-state index in [1.165, 1.54) is 11.3 Å². The highest BCUT2D eigenvalue weighted by Gasteiger charge is 2.45. The highest BCUT2D eigenvalue weighted by molar-refractivity contribution is 7.90. The minimum atomic E-state index is -3.24. The zero-order chi connectivity index (χ0) is 16.9. The molecular formula is C15H21N3O4S2. The smallest absolute Gasteiger partial charge is 0.266 e. The van der Waals surface area contributed by atoms with Gasteiger partial charge in [0.25, 0.3) is 5.91 Å². The van der Waals surface area contributed by atoms with Crippen LogP contribution in [0.4, 0.5) is 0 Å². The number of aromatic nitrogens is 1. The van der Waals surface area contributed by atoms with Crippen LogP contribution >= 0.6 is 11.3 Å². The Morgan fingerprint density at radius 2 is 2.08 bits per heavy atom. The quantitative estimate of drug-likeness (QED) is 0.782. The molecule has 1 aromatic rings. The van der Waals surface area contributed by atoms with Gasteiger partial charge in [-0.15, -0.1) is 11.3 Å². The van der Waals surface area contributed by atoms with Gasteiger partial charge in [0.05, 0.1) is 35.7 Å². The van der Waals surface area contributed by atoms with Crippen LogP contribution in [-0.2, 0) is 14.8 Å². The summed E-state index contributed by atoms with van der Waals surface area (Å²) < 4.78 is 32.6. The Balaban J connectivity index is 1.62. The first kappa shape index (κ1) is 16.4. The molecule has 7 nitrogen and oxygen atoms in total. The number of hydrogen-bond acceptors (Lipinski definition) is 6. The Labute approximate surface area is 145 Å². The van der Waals surface area contributed by atoms with E-state index in [0.717, 1.165) is 18.5 Å². The van der Waals surface area contributed by atoms with Crippen molar-refractivity contribution in [3.63, 3.8) is 0 Å². The van der Waals surface area contributed by atoms with Gasteiger partial charge in [-0.2, -0.15) is 4.31 Å². The van der Waals surface area contributed by atoms with Crippen molar-refractivity contribution in [1.29, 1.82) is 0 Å². The van der Waals surface area contributed by atoms with Gasteiger partial charge >= 0.3 is 0 Å². The Hall–Kier alpha value is -1.03. The average molecular weight is 371 g/mol. The topological polar surface area (TPSA) is 79.8 Å². The standard InChI is InChI=1S/C15H21N3O4S2/c1-10-14(23-9-16-10)15(19)18-5-11-4-17(6-12(18)8-22-7-11)24(20,21)13-2-3-13/h9,11-13H,2-8H2,1H3/t11-,12-/m0/s1. The summed E-state index contributed by atoms with van der Waals surface area (Å²) in [6.07, 6.45) is 1.51. The summed E-state index contributed by atoms with van der Waals surface area (Å²) >= 11 is 1.34. The van der Waals surface area contributed by atoms with Crippen molar-refractivity contribution in [1.82, 2.24) is 14.2 Å². The minimum absolute atomic E-state index is 0.0169. The van der Waals surface area contributed by atoms with Crippen LogP contribution in [0.3, 0.4) is 0 Å². The molecule has 1 aliphatic carbocycles. The van der Waals surface area contributed by atoms with E-state index in [2.05, 4.69) is 4.98 Å². The number of hydrogen-bond donors (Lipinski definition) is 0. The van der Waals surface area contributed by atoms with E-state index in [9.17, 15) is 13.2 Å². The molecule has 1 saturated carbocycles. The molecular weight excluding hydrogens is 350 g/mol. The summed E-state index contributed by atoms with van der Waals surface area (Å²) in [6, 6.07) is -0.236. The Kier molecular flexibility index (Phi) is 4.14. The van der Waals surface area contributed by atoms with Crippen molar-refractivity contribution >= 4 is 27.3 Å². The van der Waals surface area contributed by atoms with Crippen molar-refractivity contribution in [3.05, 3.63) is 16.1 Å². The van der Waals surface area contributed by atoms with Gasteiger partial charge in [0.2, 0.25) is 10.0 Å². The van der Waals surface area contributed by atoms with E-state index in [0.29, 0.717) is 37.7 Å². The maximum absolute atomic E-state index is 13.0. The van der Waals surface area contributed by atoms with Gasteiger partial charge in [-0.3, -0.25) is 4.79 Å². The molecule has 0 unspecified atom stereocenters. The number of thiazole rings is 1. The van der Waals surface area contributed by atoms with Crippen LogP contribution in [0.15, 0.2) is 5.51 Å². The molecule has 132 valence electrons. The number of nitrogens with zero attached hydrogens (tertiary/aromatic N) is 3. The molecule has 1 amide bonds. The number of carbonyl (C=O) groups is 1. The number of sulfonamides is 1. The molecule has 3 fully saturated rings. The molecule has 1 aromatic heterocycles. The van der Waals surface area contributed by atoms with Gasteiger partial charge in [0.1, 0.15) is 4.88 Å². The second kappa shape index (κ2) is 6.05. The number of carbonyl (C=O) groups excluding carboxylic acids is 1. The van der Waals surface area contributed by atoms with E-state index >= 15 is 0 Å². The van der Waals surface area contributed by atoms with Crippen molar-refractivity contribution in [2.45, 2.75) is 31.1 Å². The van der Waals surface area contributed by atoms with Gasteiger partial charge in [-0.25, -0.2) is 13.4 Å². The predicted octanol–water partition coefficient (Wildman–Crippen LogP) is 0.717. The maximum atomic E-state index is 13.0. The van der Waals surface area contributed by atoms with Gasteiger partial charge in [0, 0.05) is 25.6 Å². The number of amides is 1. The molecule has 2 aliphatic heterocycles. The number of fused-ring (bicyclic) bond motifs is 3. The van der Waals surface area contributed by atoms with Crippen molar-refractivity contribution < 1.29 is 17.9 Å². The maximum Gasteiger partial charge on any atom is 0.266 e. The lowest BCUT2D eigenvalue weighted by molar-refractivity contribution is 0.0544. The normalized spacial score (nSPS) is 28.6. The minimum Gasteiger partial charge on any atom is -0.379 e. The van der Waals surface area contributed by atoms with Gasteiger partial charge < -0.3 is 9.64 Å². The van der Waals surface area contributed by atoms with Crippen molar-refractivity contribution in [2.24, 2.45) is 5.92 Å². The van der Waals surface area contributed by atoms with Crippen LogP contribution in [-0.4, -0.2) is 72.7 Å². The van der Waals surface area contributed by atoms with E-state index in [4.69, 9.17) is 4.74 Å². The van der Waals surface area contributed by atoms with Crippen molar-refractivity contribution in [2.75, 3.05) is 32.8 Å². The molecule has 0 spiro atoms. The lowest BCUT2D eigenvalue weighted by atomic mass is 10.1. The van der Waals surface area contributed by atoms with E-state index in [1.54, 1.807) is 14.7 Å². The van der Waals surface area contributed by atoms with E-state index in [1.807, 2.05) is 6.92 Å². The third kappa shape index (κ3) is 2.87. The van der Waals surface area contributed by atoms with Crippen LogP contribution < -0.4 is 0 Å². The SMILES string of the molecule is Cc1ncsc1C(=O)N1C[C@H]2COC[C@@H]1CN(S(=O)(=O)C1CC1)C2. The summed E-state index contributed by atoms with van der Waals surface area (Å²) in [4.78, 5) is 19.6. The summed E-state index contributed by atoms with van der Waals surface area (Å²) in [5, 5.41) is -0.217. The molecule has 4 rings (SSSR count). The summed E-state index contributed by atoms with van der Waals surface area (Å²) in [6.45, 7) is 4.03. The largest absolute Gasteiger partial charge is 0.379 e. The summed E-state index contributed by atoms with van der Waals surface area (Å²) in [5.74, 6) is -0.0376. The second-order valence-corrected chi connectivity index (χ2v) is 9.91. The molecule has 2 saturated heterocycles.